The summed E-state index contributed by atoms with van der Waals surface area (Å²) in [4.78, 5) is 37.8. The maximum absolute atomic E-state index is 13.6. The molecule has 4 aromatic rings. The molecule has 1 aromatic heterocycles. The molecule has 2 heterocycles. The quantitative estimate of drug-likeness (QED) is 0.189. The van der Waals surface area contributed by atoms with E-state index in [0.29, 0.717) is 41.4 Å². The Kier molecular flexibility index (Phi) is 6.93. The highest BCUT2D eigenvalue weighted by Crippen LogP contribution is 2.39. The molecule has 10 heteroatoms. The summed E-state index contributed by atoms with van der Waals surface area (Å²) in [5.74, 6) is 1.31. The fourth-order valence-electron chi connectivity index (χ4n) is 4.91. The van der Waals surface area contributed by atoms with Crippen molar-refractivity contribution in [3.05, 3.63) is 103 Å². The number of carbonyl (C=O) groups excluding carboxylic acids is 1. The molecule has 10 nitrogen and oxygen atoms in total. The highest BCUT2D eigenvalue weighted by molar-refractivity contribution is 5.95. The lowest BCUT2D eigenvalue weighted by atomic mass is 9.91. The summed E-state index contributed by atoms with van der Waals surface area (Å²) < 4.78 is 22.5. The first-order valence-electron chi connectivity index (χ1n) is 12.3. The molecule has 39 heavy (non-hydrogen) atoms. The van der Waals surface area contributed by atoms with Gasteiger partial charge in [-0.3, -0.25) is 14.9 Å². The molecule has 1 atom stereocenters. The van der Waals surface area contributed by atoms with Crippen LogP contribution in [-0.2, 0) is 6.42 Å². The Morgan fingerprint density at radius 1 is 1.05 bits per heavy atom. The third kappa shape index (κ3) is 5.00. The average Bonchev–Trinajstić information content (AvgIpc) is 2.94. The number of non-ortho nitro benzene ring substituents is 1. The molecular formula is C29H26N2O8. The van der Waals surface area contributed by atoms with Crippen molar-refractivity contribution < 1.29 is 28.3 Å². The number of amides is 1. The molecule has 0 saturated heterocycles. The molecule has 0 spiro atoms. The van der Waals surface area contributed by atoms with Crippen molar-refractivity contribution in [2.75, 3.05) is 27.4 Å². The number of rotatable bonds is 7. The van der Waals surface area contributed by atoms with Crippen LogP contribution in [0.2, 0.25) is 0 Å². The Morgan fingerprint density at radius 2 is 1.77 bits per heavy atom. The lowest BCUT2D eigenvalue weighted by Gasteiger charge is -2.37. The summed E-state index contributed by atoms with van der Waals surface area (Å²) in [5, 5.41) is 11.9. The number of nitrogens with zero attached hydrogens (tertiary/aromatic N) is 2. The number of carbonyl (C=O) groups is 1. The standard InChI is InChI=1S/C29H26N2O8/c1-17-12-28(32)39-25-14-21(8-9-22(17)25)38-16-24-23-15-27(37-3)26(36-2)13-19(23)10-11-30(24)29(33)18-4-6-20(7-5-18)31(34)35/h4-9,12-15,24H,10-11,16H2,1-3H3. The topological polar surface area (TPSA) is 121 Å². The van der Waals surface area contributed by atoms with E-state index in [1.165, 1.54) is 30.3 Å². The summed E-state index contributed by atoms with van der Waals surface area (Å²) in [6.07, 6.45) is 0.575. The van der Waals surface area contributed by atoms with Gasteiger partial charge >= 0.3 is 5.63 Å². The van der Waals surface area contributed by atoms with E-state index in [2.05, 4.69) is 0 Å². The van der Waals surface area contributed by atoms with Crippen molar-refractivity contribution in [3.8, 4) is 17.2 Å². The second kappa shape index (κ2) is 10.5. The van der Waals surface area contributed by atoms with Crippen LogP contribution in [0.4, 0.5) is 5.69 Å². The van der Waals surface area contributed by atoms with Gasteiger partial charge in [-0.05, 0) is 66.4 Å². The molecule has 0 aliphatic carbocycles. The molecule has 0 radical (unpaired) electrons. The van der Waals surface area contributed by atoms with E-state index in [1.807, 2.05) is 25.1 Å². The molecule has 1 amide bonds. The van der Waals surface area contributed by atoms with E-state index in [9.17, 15) is 19.7 Å². The lowest BCUT2D eigenvalue weighted by Crippen LogP contribution is -2.42. The maximum atomic E-state index is 13.6. The van der Waals surface area contributed by atoms with Crippen LogP contribution < -0.4 is 19.8 Å². The molecule has 3 aromatic carbocycles. The van der Waals surface area contributed by atoms with E-state index in [1.54, 1.807) is 31.3 Å². The molecule has 1 unspecified atom stereocenters. The Bertz CT molecular complexity index is 1630. The first-order valence-corrected chi connectivity index (χ1v) is 12.3. The van der Waals surface area contributed by atoms with Gasteiger partial charge in [0.1, 0.15) is 17.9 Å². The van der Waals surface area contributed by atoms with Gasteiger partial charge in [0.2, 0.25) is 0 Å². The molecule has 1 aliphatic rings. The zero-order chi connectivity index (χ0) is 27.7. The SMILES string of the molecule is COc1cc2c(cc1OC)C(COc1ccc3c(C)cc(=O)oc3c1)N(C(=O)c1ccc([N+](=O)[O-])cc1)CC2. The van der Waals surface area contributed by atoms with Crippen LogP contribution in [0.5, 0.6) is 17.2 Å². The second-order valence-electron chi connectivity index (χ2n) is 9.19. The zero-order valence-electron chi connectivity index (χ0n) is 21.6. The van der Waals surface area contributed by atoms with Crippen LogP contribution in [0.15, 0.2) is 69.9 Å². The Balaban J connectivity index is 1.50. The number of fused-ring (bicyclic) bond motifs is 2. The van der Waals surface area contributed by atoms with E-state index in [4.69, 9.17) is 18.6 Å². The summed E-state index contributed by atoms with van der Waals surface area (Å²) in [7, 11) is 3.11. The minimum Gasteiger partial charge on any atom is -0.493 e. The first-order chi connectivity index (χ1) is 18.8. The van der Waals surface area contributed by atoms with Crippen molar-refractivity contribution in [1.29, 1.82) is 0 Å². The molecule has 0 fully saturated rings. The summed E-state index contributed by atoms with van der Waals surface area (Å²) in [6.45, 7) is 2.34. The zero-order valence-corrected chi connectivity index (χ0v) is 21.6. The van der Waals surface area contributed by atoms with Crippen LogP contribution in [-0.4, -0.2) is 43.1 Å². The van der Waals surface area contributed by atoms with Gasteiger partial charge in [0.25, 0.3) is 11.6 Å². The van der Waals surface area contributed by atoms with Crippen molar-refractivity contribution in [2.24, 2.45) is 0 Å². The number of methoxy groups -OCH3 is 2. The smallest absolute Gasteiger partial charge is 0.336 e. The number of nitro benzene ring substituents is 1. The lowest BCUT2D eigenvalue weighted by molar-refractivity contribution is -0.384. The Hall–Kier alpha value is -4.86. The van der Waals surface area contributed by atoms with Gasteiger partial charge in [-0.2, -0.15) is 0 Å². The number of aryl methyl sites for hydroxylation is 1. The van der Waals surface area contributed by atoms with E-state index >= 15 is 0 Å². The van der Waals surface area contributed by atoms with Crippen molar-refractivity contribution in [1.82, 2.24) is 4.90 Å². The average molecular weight is 531 g/mol. The highest BCUT2D eigenvalue weighted by atomic mass is 16.6. The molecule has 200 valence electrons. The van der Waals surface area contributed by atoms with Crippen LogP contribution in [0.1, 0.15) is 33.1 Å². The van der Waals surface area contributed by atoms with Crippen molar-refractivity contribution in [3.63, 3.8) is 0 Å². The van der Waals surface area contributed by atoms with E-state index in [0.717, 1.165) is 22.1 Å². The van der Waals surface area contributed by atoms with Gasteiger partial charge in [-0.25, -0.2) is 4.79 Å². The highest BCUT2D eigenvalue weighted by Gasteiger charge is 2.33. The minimum atomic E-state index is -0.505. The van der Waals surface area contributed by atoms with Crippen LogP contribution >= 0.6 is 0 Å². The monoisotopic (exact) mass is 530 g/mol. The van der Waals surface area contributed by atoms with Crippen molar-refractivity contribution in [2.45, 2.75) is 19.4 Å². The summed E-state index contributed by atoms with van der Waals surface area (Å²) in [6, 6.07) is 15.5. The predicted octanol–water partition coefficient (Wildman–Crippen LogP) is 4.85. The van der Waals surface area contributed by atoms with Gasteiger partial charge in [0, 0.05) is 41.8 Å². The fraction of sp³-hybridized carbons (Fsp3) is 0.241. The fourth-order valence-corrected chi connectivity index (χ4v) is 4.91. The second-order valence-corrected chi connectivity index (χ2v) is 9.19. The molecular weight excluding hydrogens is 504 g/mol. The molecule has 0 saturated carbocycles. The largest absolute Gasteiger partial charge is 0.493 e. The normalized spacial score (nSPS) is 14.5. The summed E-state index contributed by atoms with van der Waals surface area (Å²) >= 11 is 0. The first kappa shape index (κ1) is 25.8. The number of benzene rings is 3. The Labute approximate surface area is 223 Å². The molecule has 1 aliphatic heterocycles. The van der Waals surface area contributed by atoms with Crippen LogP contribution in [0.3, 0.4) is 0 Å². The van der Waals surface area contributed by atoms with Gasteiger partial charge in [-0.15, -0.1) is 0 Å². The van der Waals surface area contributed by atoms with Gasteiger partial charge < -0.3 is 23.5 Å². The maximum Gasteiger partial charge on any atom is 0.336 e. The molecule has 5 rings (SSSR count). The third-order valence-electron chi connectivity index (χ3n) is 6.92. The minimum absolute atomic E-state index is 0.0922. The van der Waals surface area contributed by atoms with E-state index in [-0.39, 0.29) is 18.2 Å². The number of nitro groups is 1. The number of ether oxygens (including phenoxy) is 3. The molecule has 0 bridgehead atoms. The van der Waals surface area contributed by atoms with Gasteiger partial charge in [0.15, 0.2) is 11.5 Å². The predicted molar refractivity (Wildman–Crippen MR) is 143 cm³/mol. The van der Waals surface area contributed by atoms with Crippen LogP contribution in [0, 0.1) is 17.0 Å². The van der Waals surface area contributed by atoms with Gasteiger partial charge in [-0.1, -0.05) is 0 Å². The summed E-state index contributed by atoms with van der Waals surface area (Å²) in [5.41, 5.74) is 2.84. The Morgan fingerprint density at radius 3 is 2.46 bits per heavy atom. The number of hydrogen-bond acceptors (Lipinski definition) is 8. The van der Waals surface area contributed by atoms with Crippen molar-refractivity contribution >= 4 is 22.6 Å². The number of hydrogen-bond donors (Lipinski definition) is 0. The van der Waals surface area contributed by atoms with Gasteiger partial charge in [0.05, 0.1) is 25.2 Å². The van der Waals surface area contributed by atoms with E-state index < -0.39 is 16.6 Å². The van der Waals surface area contributed by atoms with Crippen LogP contribution in [0.25, 0.3) is 11.0 Å². The molecule has 0 N–H and O–H groups in total. The third-order valence-corrected chi connectivity index (χ3v) is 6.92.